The van der Waals surface area contributed by atoms with Crippen molar-refractivity contribution in [3.05, 3.63) is 53.7 Å². The molecule has 0 aliphatic carbocycles. The summed E-state index contributed by atoms with van der Waals surface area (Å²) in [7, 11) is 1.92. The second-order valence-corrected chi connectivity index (χ2v) is 13.7. The largest absolute Gasteiger partial charge is 0.494 e. The third-order valence-corrected chi connectivity index (χ3v) is 10.4. The molecule has 43 heavy (non-hydrogen) atoms. The van der Waals surface area contributed by atoms with Crippen LogP contribution in [0.4, 0.5) is 34.5 Å². The first-order valence-electron chi connectivity index (χ1n) is 14.7. The summed E-state index contributed by atoms with van der Waals surface area (Å²) in [6.45, 7) is 8.24. The molecule has 0 unspecified atom stereocenters. The van der Waals surface area contributed by atoms with Gasteiger partial charge < -0.3 is 25.2 Å². The van der Waals surface area contributed by atoms with Gasteiger partial charge in [0.2, 0.25) is 16.0 Å². The number of halogens is 1. The Morgan fingerprint density at radius 2 is 1.74 bits per heavy atom. The number of hydrogen-bond acceptors (Lipinski definition) is 10. The fraction of sp³-hybridized carbons (Fsp3) is 0.467. The van der Waals surface area contributed by atoms with Crippen molar-refractivity contribution in [1.29, 1.82) is 0 Å². The number of hydrogen-bond donors (Lipinski definition) is 2. The third-order valence-electron chi connectivity index (χ3n) is 8.34. The van der Waals surface area contributed by atoms with E-state index in [1.165, 1.54) is 17.5 Å². The van der Waals surface area contributed by atoms with Gasteiger partial charge in [0.15, 0.2) is 5.82 Å². The lowest BCUT2D eigenvalue weighted by Crippen LogP contribution is -2.52. The number of para-hydroxylation sites is 2. The van der Waals surface area contributed by atoms with E-state index in [9.17, 15) is 8.42 Å². The molecular formula is C30H41ClN8O3S. The van der Waals surface area contributed by atoms with Gasteiger partial charge in [0.05, 0.1) is 36.1 Å². The van der Waals surface area contributed by atoms with Crippen molar-refractivity contribution < 1.29 is 13.2 Å². The number of rotatable bonds is 10. The Morgan fingerprint density at radius 3 is 2.44 bits per heavy atom. The van der Waals surface area contributed by atoms with Gasteiger partial charge in [0.1, 0.15) is 10.8 Å². The summed E-state index contributed by atoms with van der Waals surface area (Å²) in [5.74, 6) is 1.32. The van der Waals surface area contributed by atoms with Crippen LogP contribution in [0.5, 0.6) is 5.75 Å². The van der Waals surface area contributed by atoms with Crippen LogP contribution in [-0.2, 0) is 10.0 Å². The van der Waals surface area contributed by atoms with E-state index < -0.39 is 10.0 Å². The number of piperidine rings is 1. The van der Waals surface area contributed by atoms with E-state index in [2.05, 4.69) is 48.4 Å². The molecule has 2 fully saturated rings. The summed E-state index contributed by atoms with van der Waals surface area (Å²) in [6.07, 6.45) is 3.81. The number of methoxy groups -OCH3 is 1. The molecule has 0 bridgehead atoms. The van der Waals surface area contributed by atoms with Crippen LogP contribution in [-0.4, -0.2) is 100 Å². The molecule has 0 saturated carbocycles. The molecule has 1 aromatic heterocycles. The highest BCUT2D eigenvalue weighted by atomic mass is 35.5. The first-order valence-corrected chi connectivity index (χ1v) is 16.6. The van der Waals surface area contributed by atoms with Gasteiger partial charge in [-0.15, -0.1) is 0 Å². The first-order chi connectivity index (χ1) is 20.7. The SMILES string of the molecule is CCS(=O)(=O)N(C)c1ccccc1Nc1nc(Nc2ccc(N3CCC(N4CCN(C)CC4)CC3)cc2OC)ncc1Cl. The van der Waals surface area contributed by atoms with Gasteiger partial charge >= 0.3 is 0 Å². The van der Waals surface area contributed by atoms with Crippen LogP contribution in [0.1, 0.15) is 19.8 Å². The predicted molar refractivity (Wildman–Crippen MR) is 175 cm³/mol. The molecule has 0 spiro atoms. The molecule has 2 saturated heterocycles. The van der Waals surface area contributed by atoms with E-state index in [1.54, 1.807) is 32.2 Å². The average molecular weight is 629 g/mol. The van der Waals surface area contributed by atoms with E-state index in [1.807, 2.05) is 18.2 Å². The molecule has 3 heterocycles. The number of piperazine rings is 1. The maximum atomic E-state index is 12.5. The summed E-state index contributed by atoms with van der Waals surface area (Å²) in [4.78, 5) is 16.4. The fourth-order valence-corrected chi connectivity index (χ4v) is 6.60. The number of anilines is 6. The Labute approximate surface area is 259 Å². The smallest absolute Gasteiger partial charge is 0.234 e. The van der Waals surface area contributed by atoms with Crippen molar-refractivity contribution >= 4 is 56.1 Å². The van der Waals surface area contributed by atoms with Gasteiger partial charge in [-0.3, -0.25) is 9.21 Å². The van der Waals surface area contributed by atoms with Crippen molar-refractivity contribution in [2.24, 2.45) is 0 Å². The number of benzene rings is 2. The molecule has 2 aliphatic rings. The number of likely N-dealkylation sites (N-methyl/N-ethyl adjacent to an activating group) is 1. The number of nitrogens with zero attached hydrogens (tertiary/aromatic N) is 6. The molecule has 13 heteroatoms. The van der Waals surface area contributed by atoms with Crippen LogP contribution in [0, 0.1) is 0 Å². The van der Waals surface area contributed by atoms with Crippen molar-refractivity contribution in [1.82, 2.24) is 19.8 Å². The van der Waals surface area contributed by atoms with Crippen LogP contribution in [0.15, 0.2) is 48.7 Å². The average Bonchev–Trinajstić information content (AvgIpc) is 3.03. The summed E-state index contributed by atoms with van der Waals surface area (Å²) < 4.78 is 32.0. The number of sulfonamides is 1. The van der Waals surface area contributed by atoms with Gasteiger partial charge in [-0.2, -0.15) is 4.98 Å². The third kappa shape index (κ3) is 7.26. The highest BCUT2D eigenvalue weighted by Crippen LogP contribution is 2.35. The van der Waals surface area contributed by atoms with Crippen molar-refractivity contribution in [2.75, 3.05) is 86.1 Å². The van der Waals surface area contributed by atoms with Crippen molar-refractivity contribution in [3.8, 4) is 5.75 Å². The lowest BCUT2D eigenvalue weighted by Gasteiger charge is -2.42. The number of nitrogens with one attached hydrogen (secondary N) is 2. The Kier molecular flexibility index (Phi) is 9.80. The van der Waals surface area contributed by atoms with E-state index in [4.69, 9.17) is 16.3 Å². The lowest BCUT2D eigenvalue weighted by atomic mass is 10.0. The van der Waals surface area contributed by atoms with Gasteiger partial charge in [0, 0.05) is 64.1 Å². The Hall–Kier alpha value is -3.32. The van der Waals surface area contributed by atoms with Gasteiger partial charge in [0.25, 0.3) is 0 Å². The van der Waals surface area contributed by atoms with Gasteiger partial charge in [-0.05, 0) is 51.1 Å². The van der Waals surface area contributed by atoms with Crippen LogP contribution in [0.2, 0.25) is 5.02 Å². The minimum atomic E-state index is -3.46. The van der Waals surface area contributed by atoms with E-state index in [-0.39, 0.29) is 5.75 Å². The van der Waals surface area contributed by atoms with Crippen molar-refractivity contribution in [2.45, 2.75) is 25.8 Å². The van der Waals surface area contributed by atoms with E-state index >= 15 is 0 Å². The molecule has 232 valence electrons. The second kappa shape index (κ2) is 13.5. The molecule has 3 aromatic rings. The normalized spacial score (nSPS) is 17.1. The minimum Gasteiger partial charge on any atom is -0.494 e. The molecular weight excluding hydrogens is 588 g/mol. The zero-order valence-electron chi connectivity index (χ0n) is 25.3. The Morgan fingerprint density at radius 1 is 1.02 bits per heavy atom. The van der Waals surface area contributed by atoms with Crippen LogP contribution >= 0.6 is 11.6 Å². The first kappa shape index (κ1) is 31.1. The predicted octanol–water partition coefficient (Wildman–Crippen LogP) is 4.63. The number of ether oxygens (including phenoxy) is 1. The molecule has 2 N–H and O–H groups in total. The molecule has 0 amide bonds. The summed E-state index contributed by atoms with van der Waals surface area (Å²) in [5.41, 5.74) is 2.88. The topological polar surface area (TPSA) is 106 Å². The molecule has 0 radical (unpaired) electrons. The quantitative estimate of drug-likeness (QED) is 0.330. The monoisotopic (exact) mass is 628 g/mol. The van der Waals surface area contributed by atoms with Gasteiger partial charge in [-0.1, -0.05) is 23.7 Å². The molecule has 0 atom stereocenters. The molecule has 2 aliphatic heterocycles. The highest BCUT2D eigenvalue weighted by Gasteiger charge is 2.27. The summed E-state index contributed by atoms with van der Waals surface area (Å²) in [6, 6.07) is 13.9. The molecule has 11 nitrogen and oxygen atoms in total. The zero-order valence-corrected chi connectivity index (χ0v) is 26.8. The highest BCUT2D eigenvalue weighted by molar-refractivity contribution is 7.92. The Bertz CT molecular complexity index is 1510. The van der Waals surface area contributed by atoms with E-state index in [0.29, 0.717) is 40.0 Å². The standard InChI is InChI=1S/C30H41ClN8O3S/c1-5-43(40,41)37(3)27-9-7-6-8-25(27)33-29-24(31)21-32-30(35-29)34-26-11-10-23(20-28(26)42-4)38-14-12-22(13-15-38)39-18-16-36(2)17-19-39/h6-11,20-22H,5,12-19H2,1-4H3,(H2,32,33,34,35). The summed E-state index contributed by atoms with van der Waals surface area (Å²) in [5, 5.41) is 6.73. The minimum absolute atomic E-state index is 0.0182. The maximum Gasteiger partial charge on any atom is 0.234 e. The molecule has 2 aromatic carbocycles. The maximum absolute atomic E-state index is 12.5. The lowest BCUT2D eigenvalue weighted by molar-refractivity contribution is 0.0982. The van der Waals surface area contributed by atoms with Crippen LogP contribution in [0.3, 0.4) is 0 Å². The van der Waals surface area contributed by atoms with Crippen LogP contribution < -0.4 is 24.6 Å². The zero-order chi connectivity index (χ0) is 30.6. The Balaban J connectivity index is 1.28. The van der Waals surface area contributed by atoms with E-state index in [0.717, 1.165) is 63.5 Å². The van der Waals surface area contributed by atoms with Crippen molar-refractivity contribution in [3.63, 3.8) is 0 Å². The number of aromatic nitrogens is 2. The van der Waals surface area contributed by atoms with Gasteiger partial charge in [-0.25, -0.2) is 13.4 Å². The fourth-order valence-electron chi connectivity index (χ4n) is 5.62. The second-order valence-electron chi connectivity index (χ2n) is 11.0. The van der Waals surface area contributed by atoms with Crippen LogP contribution in [0.25, 0.3) is 0 Å². The molecule has 5 rings (SSSR count). The summed E-state index contributed by atoms with van der Waals surface area (Å²) >= 11 is 6.45.